The monoisotopic (exact) mass is 304 g/mol. The first-order valence-corrected chi connectivity index (χ1v) is 7.10. The Balaban J connectivity index is 2.14. The second-order valence-corrected chi connectivity index (χ2v) is 5.72. The van der Waals surface area contributed by atoms with Crippen LogP contribution in [0.4, 0.5) is 4.39 Å². The molecule has 1 aliphatic carbocycles. The molecule has 0 spiro atoms. The molecule has 0 radical (unpaired) electrons. The summed E-state index contributed by atoms with van der Waals surface area (Å²) in [5, 5.41) is 0.377. The number of halogens is 2. The highest BCUT2D eigenvalue weighted by molar-refractivity contribution is 6.30. The lowest BCUT2D eigenvalue weighted by atomic mass is 9.92. The molecule has 5 heteroatoms. The molecule has 108 valence electrons. The Bertz CT molecular complexity index is 745. The van der Waals surface area contributed by atoms with Crippen LogP contribution in [0.1, 0.15) is 45.1 Å². The van der Waals surface area contributed by atoms with Crippen LogP contribution in [0, 0.1) is 12.7 Å². The van der Waals surface area contributed by atoms with Crippen LogP contribution in [0.25, 0.3) is 0 Å². The van der Waals surface area contributed by atoms with Crippen molar-refractivity contribution in [1.82, 2.24) is 4.98 Å². The molecule has 1 atom stereocenters. The molecule has 3 rings (SSSR count). The van der Waals surface area contributed by atoms with Gasteiger partial charge in [-0.3, -0.25) is 9.78 Å². The predicted octanol–water partition coefficient (Wildman–Crippen LogP) is 3.36. The molecule has 0 saturated carbocycles. The second kappa shape index (κ2) is 5.11. The number of primary amides is 1. The highest BCUT2D eigenvalue weighted by Crippen LogP contribution is 2.41. The van der Waals surface area contributed by atoms with E-state index < -0.39 is 5.91 Å². The number of nitrogens with zero attached hydrogens (tertiary/aromatic N) is 1. The molecule has 21 heavy (non-hydrogen) atoms. The molecule has 0 aliphatic heterocycles. The molecule has 0 bridgehead atoms. The molecule has 2 N–H and O–H groups in total. The summed E-state index contributed by atoms with van der Waals surface area (Å²) in [5.74, 6) is -0.803. The first-order chi connectivity index (χ1) is 9.99. The molecular formula is C16H14ClFN2O. The fourth-order valence-electron chi connectivity index (χ4n) is 3.10. The molecule has 1 amide bonds. The van der Waals surface area contributed by atoms with E-state index in [9.17, 15) is 9.18 Å². The van der Waals surface area contributed by atoms with Crippen LogP contribution in [-0.2, 0) is 6.42 Å². The first kappa shape index (κ1) is 14.0. The molecule has 3 nitrogen and oxygen atoms in total. The van der Waals surface area contributed by atoms with E-state index in [1.165, 1.54) is 6.07 Å². The van der Waals surface area contributed by atoms with E-state index >= 15 is 0 Å². The molecule has 1 aliphatic rings. The van der Waals surface area contributed by atoms with E-state index in [0.717, 1.165) is 23.2 Å². The van der Waals surface area contributed by atoms with E-state index in [1.54, 1.807) is 18.3 Å². The SMILES string of the molecule is Cc1c(C(N)=O)ccnc1[C@@H]1CCc2c(F)cc(Cl)cc21. The standard InChI is InChI=1S/C16H14ClFN2O/c1-8-10(16(19)21)4-5-20-15(8)12-3-2-11-13(12)6-9(17)7-14(11)18/h4-7,12H,2-3H2,1H3,(H2,19,21)/t12-/m1/s1. The van der Waals surface area contributed by atoms with Gasteiger partial charge in [0.2, 0.25) is 5.91 Å². The maximum absolute atomic E-state index is 14.0. The third-order valence-corrected chi connectivity index (χ3v) is 4.31. The van der Waals surface area contributed by atoms with Crippen LogP contribution in [0.5, 0.6) is 0 Å². The highest BCUT2D eigenvalue weighted by Gasteiger charge is 2.29. The summed E-state index contributed by atoms with van der Waals surface area (Å²) in [5.41, 5.74) is 8.90. The Labute approximate surface area is 126 Å². The quantitative estimate of drug-likeness (QED) is 0.925. The number of fused-ring (bicyclic) bond motifs is 1. The maximum atomic E-state index is 14.0. The van der Waals surface area contributed by atoms with Gasteiger partial charge in [-0.25, -0.2) is 4.39 Å². The van der Waals surface area contributed by atoms with Gasteiger partial charge in [-0.1, -0.05) is 11.6 Å². The van der Waals surface area contributed by atoms with Gasteiger partial charge in [0.25, 0.3) is 0 Å². The van der Waals surface area contributed by atoms with Crippen molar-refractivity contribution < 1.29 is 9.18 Å². The fourth-order valence-corrected chi connectivity index (χ4v) is 3.31. The lowest BCUT2D eigenvalue weighted by molar-refractivity contribution is 0.0999. The van der Waals surface area contributed by atoms with Crippen LogP contribution in [0.15, 0.2) is 24.4 Å². The summed E-state index contributed by atoms with van der Waals surface area (Å²) in [6.07, 6.45) is 2.97. The van der Waals surface area contributed by atoms with Gasteiger partial charge in [0.1, 0.15) is 5.82 Å². The van der Waals surface area contributed by atoms with Crippen molar-refractivity contribution >= 4 is 17.5 Å². The smallest absolute Gasteiger partial charge is 0.249 e. The number of carbonyl (C=O) groups excluding carboxylic acids is 1. The van der Waals surface area contributed by atoms with Gasteiger partial charge in [0.15, 0.2) is 0 Å². The summed E-state index contributed by atoms with van der Waals surface area (Å²) in [6, 6.07) is 4.73. The number of rotatable bonds is 2. The zero-order valence-corrected chi connectivity index (χ0v) is 12.2. The summed E-state index contributed by atoms with van der Waals surface area (Å²) in [6.45, 7) is 1.82. The lowest BCUT2D eigenvalue weighted by Gasteiger charge is -2.16. The van der Waals surface area contributed by atoms with Gasteiger partial charge < -0.3 is 5.73 Å². The lowest BCUT2D eigenvalue weighted by Crippen LogP contribution is -2.15. The van der Waals surface area contributed by atoms with Gasteiger partial charge in [-0.2, -0.15) is 0 Å². The third kappa shape index (κ3) is 2.29. The largest absolute Gasteiger partial charge is 0.366 e. The number of hydrogen-bond donors (Lipinski definition) is 1. The number of amides is 1. The summed E-state index contributed by atoms with van der Waals surface area (Å²) in [7, 11) is 0. The average molecular weight is 305 g/mol. The van der Waals surface area contributed by atoms with Crippen LogP contribution >= 0.6 is 11.6 Å². The molecule has 1 aromatic heterocycles. The Morgan fingerprint density at radius 1 is 1.48 bits per heavy atom. The molecular weight excluding hydrogens is 291 g/mol. The number of carbonyl (C=O) groups is 1. The van der Waals surface area contributed by atoms with E-state index in [-0.39, 0.29) is 11.7 Å². The van der Waals surface area contributed by atoms with Gasteiger partial charge in [0, 0.05) is 22.7 Å². The third-order valence-electron chi connectivity index (χ3n) is 4.09. The van der Waals surface area contributed by atoms with Gasteiger partial charge >= 0.3 is 0 Å². The molecule has 1 heterocycles. The Kier molecular flexibility index (Phi) is 3.41. The average Bonchev–Trinajstić information content (AvgIpc) is 2.82. The minimum Gasteiger partial charge on any atom is -0.366 e. The second-order valence-electron chi connectivity index (χ2n) is 5.28. The number of hydrogen-bond acceptors (Lipinski definition) is 2. The van der Waals surface area contributed by atoms with Crippen molar-refractivity contribution in [2.75, 3.05) is 0 Å². The van der Waals surface area contributed by atoms with Crippen molar-refractivity contribution in [3.05, 3.63) is 63.2 Å². The Hall–Kier alpha value is -1.94. The number of aromatic nitrogens is 1. The molecule has 0 fully saturated rings. The topological polar surface area (TPSA) is 56.0 Å². The zero-order chi connectivity index (χ0) is 15.1. The maximum Gasteiger partial charge on any atom is 0.249 e. The summed E-state index contributed by atoms with van der Waals surface area (Å²) >= 11 is 5.97. The predicted molar refractivity (Wildman–Crippen MR) is 79.1 cm³/mol. The van der Waals surface area contributed by atoms with Crippen molar-refractivity contribution in [2.24, 2.45) is 5.73 Å². The van der Waals surface area contributed by atoms with Gasteiger partial charge in [-0.15, -0.1) is 0 Å². The van der Waals surface area contributed by atoms with Gasteiger partial charge in [-0.05, 0) is 54.7 Å². The molecule has 1 aromatic carbocycles. The normalized spacial score (nSPS) is 16.8. The number of benzene rings is 1. The molecule has 0 unspecified atom stereocenters. The fraction of sp³-hybridized carbons (Fsp3) is 0.250. The Morgan fingerprint density at radius 2 is 2.24 bits per heavy atom. The van der Waals surface area contributed by atoms with E-state index in [4.69, 9.17) is 17.3 Å². The highest BCUT2D eigenvalue weighted by atomic mass is 35.5. The van der Waals surface area contributed by atoms with E-state index in [1.807, 2.05) is 6.92 Å². The zero-order valence-electron chi connectivity index (χ0n) is 11.5. The van der Waals surface area contributed by atoms with Crippen LogP contribution < -0.4 is 5.73 Å². The van der Waals surface area contributed by atoms with Crippen LogP contribution in [0.3, 0.4) is 0 Å². The van der Waals surface area contributed by atoms with E-state index in [2.05, 4.69) is 4.98 Å². The van der Waals surface area contributed by atoms with Crippen LogP contribution in [-0.4, -0.2) is 10.9 Å². The van der Waals surface area contributed by atoms with Crippen molar-refractivity contribution in [1.29, 1.82) is 0 Å². The van der Waals surface area contributed by atoms with E-state index in [0.29, 0.717) is 22.6 Å². The Morgan fingerprint density at radius 3 is 2.95 bits per heavy atom. The van der Waals surface area contributed by atoms with Crippen molar-refractivity contribution in [2.45, 2.75) is 25.7 Å². The summed E-state index contributed by atoms with van der Waals surface area (Å²) < 4.78 is 14.0. The summed E-state index contributed by atoms with van der Waals surface area (Å²) in [4.78, 5) is 15.8. The number of nitrogens with two attached hydrogens (primary N) is 1. The van der Waals surface area contributed by atoms with Crippen molar-refractivity contribution in [3.8, 4) is 0 Å². The minimum atomic E-state index is -0.480. The molecule has 2 aromatic rings. The molecule has 0 saturated heterocycles. The van der Waals surface area contributed by atoms with Gasteiger partial charge in [0.05, 0.1) is 5.69 Å². The first-order valence-electron chi connectivity index (χ1n) is 6.72. The van der Waals surface area contributed by atoms with Crippen molar-refractivity contribution in [3.63, 3.8) is 0 Å². The number of pyridine rings is 1. The van der Waals surface area contributed by atoms with Crippen LogP contribution in [0.2, 0.25) is 5.02 Å². The minimum absolute atomic E-state index is 0.0486.